The van der Waals surface area contributed by atoms with E-state index in [1.165, 1.54) is 6.20 Å². The van der Waals surface area contributed by atoms with Gasteiger partial charge in [-0.1, -0.05) is 18.2 Å². The Morgan fingerprint density at radius 2 is 2.25 bits per heavy atom. The van der Waals surface area contributed by atoms with Crippen molar-refractivity contribution in [3.63, 3.8) is 0 Å². The van der Waals surface area contributed by atoms with Gasteiger partial charge in [-0.25, -0.2) is 0 Å². The van der Waals surface area contributed by atoms with E-state index in [1.807, 2.05) is 31.2 Å². The lowest BCUT2D eigenvalue weighted by Crippen LogP contribution is -2.34. The molecule has 1 fully saturated rings. The van der Waals surface area contributed by atoms with E-state index in [0.29, 0.717) is 18.7 Å². The molecule has 2 N–H and O–H groups in total. The number of methoxy groups -OCH3 is 1. The Balaban J connectivity index is 1.76. The van der Waals surface area contributed by atoms with E-state index < -0.39 is 5.60 Å². The van der Waals surface area contributed by atoms with Crippen LogP contribution in [0.15, 0.2) is 36.5 Å². The van der Waals surface area contributed by atoms with Gasteiger partial charge < -0.3 is 14.7 Å². The maximum absolute atomic E-state index is 12.5. The second kappa shape index (κ2) is 6.45. The molecule has 1 unspecified atom stereocenters. The van der Waals surface area contributed by atoms with Gasteiger partial charge in [0.1, 0.15) is 17.0 Å². The lowest BCUT2D eigenvalue weighted by atomic mass is 10.00. The van der Waals surface area contributed by atoms with Crippen LogP contribution in [0.3, 0.4) is 0 Å². The highest BCUT2D eigenvalue weighted by Gasteiger charge is 2.41. The van der Waals surface area contributed by atoms with Crippen LogP contribution in [0.2, 0.25) is 0 Å². The van der Waals surface area contributed by atoms with Gasteiger partial charge in [-0.2, -0.15) is 15.4 Å². The fourth-order valence-corrected chi connectivity index (χ4v) is 2.94. The number of allylic oxidation sites excluding steroid dienone is 1. The molecule has 2 heterocycles. The molecule has 0 radical (unpaired) electrons. The number of aromatic amines is 1. The molecule has 1 atom stereocenters. The zero-order valence-corrected chi connectivity index (χ0v) is 13.7. The van der Waals surface area contributed by atoms with Gasteiger partial charge in [0.05, 0.1) is 19.9 Å². The van der Waals surface area contributed by atoms with Crippen LogP contribution in [-0.4, -0.2) is 51.5 Å². The Morgan fingerprint density at radius 1 is 1.46 bits per heavy atom. The highest BCUT2D eigenvalue weighted by Crippen LogP contribution is 2.31. The molecule has 0 aliphatic carbocycles. The number of H-pyrrole nitrogens is 1. The third kappa shape index (κ3) is 3.03. The highest BCUT2D eigenvalue weighted by atomic mass is 16.5. The Labute approximate surface area is 139 Å². The number of aromatic nitrogens is 3. The van der Waals surface area contributed by atoms with Crippen LogP contribution in [0, 0.1) is 0 Å². The number of likely N-dealkylation sites (tertiary alicyclic amines) is 1. The average molecular weight is 328 g/mol. The van der Waals surface area contributed by atoms with Crippen molar-refractivity contribution < 1.29 is 14.6 Å². The number of para-hydroxylation sites is 1. The first-order valence-corrected chi connectivity index (χ1v) is 7.73. The molecule has 3 rings (SSSR count). The molecule has 7 nitrogen and oxygen atoms in total. The Hall–Kier alpha value is -2.67. The fraction of sp³-hybridized carbons (Fsp3) is 0.353. The van der Waals surface area contributed by atoms with Crippen LogP contribution in [0.4, 0.5) is 0 Å². The quantitative estimate of drug-likeness (QED) is 0.827. The van der Waals surface area contributed by atoms with Gasteiger partial charge in [0.2, 0.25) is 5.91 Å². The maximum Gasteiger partial charge on any atom is 0.246 e. The molecule has 24 heavy (non-hydrogen) atoms. The molecule has 1 saturated heterocycles. The zero-order valence-electron chi connectivity index (χ0n) is 13.7. The number of nitrogens with zero attached hydrogens (tertiary/aromatic N) is 3. The number of carbonyl (C=O) groups is 1. The summed E-state index contributed by atoms with van der Waals surface area (Å²) in [4.78, 5) is 14.2. The van der Waals surface area contributed by atoms with Gasteiger partial charge >= 0.3 is 0 Å². The van der Waals surface area contributed by atoms with Crippen molar-refractivity contribution in [2.45, 2.75) is 18.9 Å². The monoisotopic (exact) mass is 328 g/mol. The van der Waals surface area contributed by atoms with Gasteiger partial charge in [-0.3, -0.25) is 4.79 Å². The van der Waals surface area contributed by atoms with Crippen LogP contribution in [0.5, 0.6) is 5.75 Å². The van der Waals surface area contributed by atoms with Crippen molar-refractivity contribution in [3.05, 3.63) is 47.8 Å². The van der Waals surface area contributed by atoms with Gasteiger partial charge in [0, 0.05) is 24.6 Å². The Morgan fingerprint density at radius 3 is 2.96 bits per heavy atom. The number of amides is 1. The van der Waals surface area contributed by atoms with Crippen LogP contribution in [0.1, 0.15) is 24.6 Å². The topological polar surface area (TPSA) is 91.3 Å². The maximum atomic E-state index is 12.5. The number of hydrogen-bond donors (Lipinski definition) is 2. The number of carbonyl (C=O) groups excluding carboxylic acids is 1. The van der Waals surface area contributed by atoms with Gasteiger partial charge in [0.15, 0.2) is 0 Å². The molecular weight excluding hydrogens is 308 g/mol. The molecule has 1 aromatic carbocycles. The second-order valence-electron chi connectivity index (χ2n) is 5.92. The lowest BCUT2D eigenvalue weighted by molar-refractivity contribution is -0.126. The molecule has 7 heteroatoms. The number of benzene rings is 1. The molecule has 1 amide bonds. The summed E-state index contributed by atoms with van der Waals surface area (Å²) in [7, 11) is 1.60. The van der Waals surface area contributed by atoms with E-state index in [4.69, 9.17) is 4.74 Å². The summed E-state index contributed by atoms with van der Waals surface area (Å²) in [5.74, 6) is 0.581. The standard InChI is InChI=1S/C17H20N4O3/c1-12(13-5-3-4-6-14(13)24-2)9-16(22)21-8-7-17(23,11-21)15-10-18-20-19-15/h3-6,9-10,23H,7-8,11H2,1-2H3,(H,18,19,20)/b12-9+. The Bertz CT molecular complexity index is 757. The molecule has 0 saturated carbocycles. The number of hydrogen-bond acceptors (Lipinski definition) is 5. The number of aliphatic hydroxyl groups is 1. The fourth-order valence-electron chi connectivity index (χ4n) is 2.94. The van der Waals surface area contributed by atoms with Crippen molar-refractivity contribution >= 4 is 11.5 Å². The number of ether oxygens (including phenoxy) is 1. The summed E-state index contributed by atoms with van der Waals surface area (Å²) in [6.45, 7) is 2.54. The molecule has 126 valence electrons. The van der Waals surface area contributed by atoms with Gasteiger partial charge in [0.25, 0.3) is 0 Å². The largest absolute Gasteiger partial charge is 0.496 e. The van der Waals surface area contributed by atoms with Gasteiger partial charge in [-0.05, 0) is 18.6 Å². The summed E-state index contributed by atoms with van der Waals surface area (Å²) in [5, 5.41) is 20.8. The first kappa shape index (κ1) is 16.2. The minimum atomic E-state index is -1.14. The van der Waals surface area contributed by atoms with Crippen LogP contribution < -0.4 is 4.74 Å². The van der Waals surface area contributed by atoms with E-state index in [-0.39, 0.29) is 12.5 Å². The second-order valence-corrected chi connectivity index (χ2v) is 5.92. The molecule has 1 aromatic heterocycles. The third-order valence-electron chi connectivity index (χ3n) is 4.32. The summed E-state index contributed by atoms with van der Waals surface area (Å²) in [5.41, 5.74) is 1.01. The highest BCUT2D eigenvalue weighted by molar-refractivity contribution is 5.95. The molecule has 1 aliphatic rings. The van der Waals surface area contributed by atoms with E-state index >= 15 is 0 Å². The molecule has 1 aliphatic heterocycles. The van der Waals surface area contributed by atoms with Crippen molar-refractivity contribution in [3.8, 4) is 5.75 Å². The first-order valence-electron chi connectivity index (χ1n) is 7.73. The van der Waals surface area contributed by atoms with Crippen molar-refractivity contribution in [2.75, 3.05) is 20.2 Å². The van der Waals surface area contributed by atoms with E-state index in [2.05, 4.69) is 15.4 Å². The zero-order chi connectivity index (χ0) is 17.2. The third-order valence-corrected chi connectivity index (χ3v) is 4.32. The summed E-state index contributed by atoms with van der Waals surface area (Å²) in [6.07, 6.45) is 3.50. The van der Waals surface area contributed by atoms with Crippen LogP contribution in [-0.2, 0) is 10.4 Å². The number of rotatable bonds is 4. The predicted octanol–water partition coefficient (Wildman–Crippen LogP) is 1.34. The molecular formula is C17H20N4O3. The normalized spacial score (nSPS) is 21.1. The lowest BCUT2D eigenvalue weighted by Gasteiger charge is -2.20. The first-order chi connectivity index (χ1) is 11.5. The van der Waals surface area contributed by atoms with Crippen LogP contribution >= 0.6 is 0 Å². The van der Waals surface area contributed by atoms with Crippen molar-refractivity contribution in [1.82, 2.24) is 20.3 Å². The summed E-state index contributed by atoms with van der Waals surface area (Å²) in [6, 6.07) is 7.55. The predicted molar refractivity (Wildman–Crippen MR) is 88.1 cm³/mol. The summed E-state index contributed by atoms with van der Waals surface area (Å²) < 4.78 is 5.33. The smallest absolute Gasteiger partial charge is 0.246 e. The van der Waals surface area contributed by atoms with E-state index in [0.717, 1.165) is 16.9 Å². The SMILES string of the molecule is COc1ccccc1/C(C)=C/C(=O)N1CCC(O)(c2cn[nH]n2)C1. The van der Waals surface area contributed by atoms with Crippen LogP contribution in [0.25, 0.3) is 5.57 Å². The van der Waals surface area contributed by atoms with Crippen molar-refractivity contribution in [2.24, 2.45) is 0 Å². The molecule has 2 aromatic rings. The number of β-amino-alcohol motifs (C(OH)–C–C–N with tert-alkyl or cyclic N) is 1. The average Bonchev–Trinajstić information content (AvgIpc) is 3.25. The minimum absolute atomic E-state index is 0.141. The summed E-state index contributed by atoms with van der Waals surface area (Å²) >= 11 is 0. The minimum Gasteiger partial charge on any atom is -0.496 e. The Kier molecular flexibility index (Phi) is 4.35. The van der Waals surface area contributed by atoms with Gasteiger partial charge in [-0.15, -0.1) is 0 Å². The van der Waals surface area contributed by atoms with Crippen molar-refractivity contribution in [1.29, 1.82) is 0 Å². The molecule has 0 bridgehead atoms. The van der Waals surface area contributed by atoms with E-state index in [1.54, 1.807) is 18.1 Å². The molecule has 0 spiro atoms. The van der Waals surface area contributed by atoms with E-state index in [9.17, 15) is 9.90 Å². The number of nitrogens with one attached hydrogen (secondary N) is 1.